The van der Waals surface area contributed by atoms with E-state index in [-0.39, 0.29) is 18.1 Å². The fourth-order valence-electron chi connectivity index (χ4n) is 5.48. The van der Waals surface area contributed by atoms with Crippen LogP contribution in [-0.4, -0.2) is 57.1 Å². The highest BCUT2D eigenvalue weighted by Crippen LogP contribution is 2.28. The summed E-state index contributed by atoms with van der Waals surface area (Å²) in [5, 5.41) is 0. The Bertz CT molecular complexity index is 1880. The summed E-state index contributed by atoms with van der Waals surface area (Å²) in [6.45, 7) is 5.33. The molecule has 2 unspecified atom stereocenters. The number of hydrogen-bond donors (Lipinski definition) is 0. The lowest BCUT2D eigenvalue weighted by atomic mass is 10.0. The number of unbranched alkanes of at least 4 members (excludes halogenated alkanes) is 1. The maximum Gasteiger partial charge on any atom is 0.343 e. The summed E-state index contributed by atoms with van der Waals surface area (Å²) in [7, 11) is 0. The molecule has 0 aromatic heterocycles. The number of nitrogens with zero attached hydrogens (tertiary/aromatic N) is 1. The molecule has 0 radical (unpaired) electrons. The number of epoxide rings is 2. The second kappa shape index (κ2) is 15.4. The third-order valence-corrected chi connectivity index (χ3v) is 8.64. The van der Waals surface area contributed by atoms with Crippen molar-refractivity contribution in [3.8, 4) is 39.5 Å². The Morgan fingerprint density at radius 2 is 1.02 bits per heavy atom. The van der Waals surface area contributed by atoms with Crippen molar-refractivity contribution in [2.75, 3.05) is 37.9 Å². The summed E-state index contributed by atoms with van der Waals surface area (Å²) >= 11 is 0. The first-order valence-electron chi connectivity index (χ1n) is 17.1. The van der Waals surface area contributed by atoms with Gasteiger partial charge in [0.05, 0.1) is 18.8 Å². The summed E-state index contributed by atoms with van der Waals surface area (Å²) < 4.78 is 27.5. The van der Waals surface area contributed by atoms with Crippen molar-refractivity contribution in [3.05, 3.63) is 132 Å². The Labute approximate surface area is 292 Å². The average molecular weight is 670 g/mol. The lowest BCUT2D eigenvalue weighted by Gasteiger charge is -2.23. The van der Waals surface area contributed by atoms with Gasteiger partial charge in [-0.2, -0.15) is 0 Å². The van der Waals surface area contributed by atoms with Crippen LogP contribution in [0.3, 0.4) is 0 Å². The van der Waals surface area contributed by atoms with E-state index < -0.39 is 5.97 Å². The van der Waals surface area contributed by atoms with Crippen molar-refractivity contribution in [2.45, 2.75) is 32.0 Å². The van der Waals surface area contributed by atoms with E-state index in [0.29, 0.717) is 36.6 Å². The van der Waals surface area contributed by atoms with E-state index in [1.165, 1.54) is 0 Å². The second-order valence-corrected chi connectivity index (χ2v) is 12.4. The number of carbonyl (C=O) groups is 2. The molecule has 1 amide bonds. The van der Waals surface area contributed by atoms with E-state index in [4.69, 9.17) is 23.7 Å². The SMILES string of the molecule is CCCCN(C(=O)c1ccc(-c2ccc(OCC3CO3)cc2)cc1)c1ccc(OC(=O)c2ccc(-c3ccc(OCC4CO4)cc3)cc2)cc1. The number of ether oxygens (including phenoxy) is 5. The Hall–Kier alpha value is -5.44. The zero-order chi connectivity index (χ0) is 34.3. The lowest BCUT2D eigenvalue weighted by Crippen LogP contribution is -2.31. The van der Waals surface area contributed by atoms with Gasteiger partial charge < -0.3 is 28.6 Å². The number of esters is 1. The Morgan fingerprint density at radius 1 is 0.600 bits per heavy atom. The van der Waals surface area contributed by atoms with Crippen molar-refractivity contribution in [3.63, 3.8) is 0 Å². The quantitative estimate of drug-likeness (QED) is 0.0630. The smallest absolute Gasteiger partial charge is 0.343 e. The van der Waals surface area contributed by atoms with Crippen molar-refractivity contribution < 1.29 is 33.3 Å². The Morgan fingerprint density at radius 3 is 1.46 bits per heavy atom. The van der Waals surface area contributed by atoms with Crippen LogP contribution in [0, 0.1) is 0 Å². The van der Waals surface area contributed by atoms with Gasteiger partial charge in [-0.25, -0.2) is 4.79 Å². The van der Waals surface area contributed by atoms with Gasteiger partial charge in [-0.3, -0.25) is 4.79 Å². The first kappa shape index (κ1) is 33.1. The van der Waals surface area contributed by atoms with Crippen LogP contribution in [0.1, 0.15) is 40.5 Å². The predicted molar refractivity (Wildman–Crippen MR) is 192 cm³/mol. The fraction of sp³-hybridized carbons (Fsp3) is 0.238. The normalized spacial score (nSPS) is 15.9. The van der Waals surface area contributed by atoms with Crippen molar-refractivity contribution in [1.29, 1.82) is 0 Å². The summed E-state index contributed by atoms with van der Waals surface area (Å²) in [5.74, 6) is 1.47. The van der Waals surface area contributed by atoms with E-state index in [1.54, 1.807) is 29.2 Å². The molecule has 8 nitrogen and oxygen atoms in total. The molecule has 2 heterocycles. The van der Waals surface area contributed by atoms with E-state index in [2.05, 4.69) is 6.92 Å². The topological polar surface area (TPSA) is 90.1 Å². The van der Waals surface area contributed by atoms with Crippen LogP contribution in [0.2, 0.25) is 0 Å². The molecule has 2 aliphatic heterocycles. The molecule has 8 heteroatoms. The molecule has 0 aliphatic carbocycles. The first-order valence-corrected chi connectivity index (χ1v) is 17.1. The summed E-state index contributed by atoms with van der Waals surface area (Å²) in [5.41, 5.74) is 5.83. The molecule has 2 aliphatic rings. The maximum atomic E-state index is 13.7. The van der Waals surface area contributed by atoms with Crippen LogP contribution in [0.25, 0.3) is 22.3 Å². The minimum atomic E-state index is -0.454. The van der Waals surface area contributed by atoms with Gasteiger partial charge in [-0.05, 0) is 101 Å². The minimum absolute atomic E-state index is 0.0871. The van der Waals surface area contributed by atoms with Gasteiger partial charge in [-0.1, -0.05) is 61.9 Å². The highest BCUT2D eigenvalue weighted by molar-refractivity contribution is 6.06. The van der Waals surface area contributed by atoms with Crippen LogP contribution in [0.4, 0.5) is 5.69 Å². The van der Waals surface area contributed by atoms with Crippen LogP contribution < -0.4 is 19.1 Å². The molecule has 5 aromatic rings. The van der Waals surface area contributed by atoms with Crippen LogP contribution in [-0.2, 0) is 9.47 Å². The van der Waals surface area contributed by atoms with E-state index in [1.807, 2.05) is 97.1 Å². The number of benzene rings is 5. The number of amides is 1. The molecular formula is C42H39NO7. The molecule has 0 spiro atoms. The molecular weight excluding hydrogens is 630 g/mol. The van der Waals surface area contributed by atoms with Gasteiger partial charge in [0.2, 0.25) is 0 Å². The Balaban J connectivity index is 0.961. The zero-order valence-electron chi connectivity index (χ0n) is 28.0. The molecule has 2 saturated heterocycles. The largest absolute Gasteiger partial charge is 0.491 e. The van der Waals surface area contributed by atoms with Crippen molar-refractivity contribution >= 4 is 17.6 Å². The maximum absolute atomic E-state index is 13.7. The third-order valence-electron chi connectivity index (χ3n) is 8.64. The molecule has 5 aromatic carbocycles. The van der Waals surface area contributed by atoms with E-state index in [9.17, 15) is 9.59 Å². The molecule has 50 heavy (non-hydrogen) atoms. The van der Waals surface area contributed by atoms with Gasteiger partial charge in [0, 0.05) is 17.8 Å². The predicted octanol–water partition coefficient (Wildman–Crippen LogP) is 8.24. The summed E-state index contributed by atoms with van der Waals surface area (Å²) in [6.07, 6.45) is 2.22. The van der Waals surface area contributed by atoms with Gasteiger partial charge >= 0.3 is 5.97 Å². The molecule has 254 valence electrons. The van der Waals surface area contributed by atoms with Gasteiger partial charge in [0.1, 0.15) is 42.7 Å². The summed E-state index contributed by atoms with van der Waals surface area (Å²) in [6, 6.07) is 37.8. The van der Waals surface area contributed by atoms with Gasteiger partial charge in [0.15, 0.2) is 0 Å². The van der Waals surface area contributed by atoms with Crippen LogP contribution in [0.15, 0.2) is 121 Å². The number of anilines is 1. The number of hydrogen-bond acceptors (Lipinski definition) is 7. The molecule has 7 rings (SSSR count). The summed E-state index contributed by atoms with van der Waals surface area (Å²) in [4.78, 5) is 28.5. The molecule has 2 atom stereocenters. The monoisotopic (exact) mass is 669 g/mol. The van der Waals surface area contributed by atoms with Crippen LogP contribution in [0.5, 0.6) is 17.2 Å². The molecule has 0 N–H and O–H groups in total. The highest BCUT2D eigenvalue weighted by atomic mass is 16.6. The molecule has 0 bridgehead atoms. The molecule has 0 saturated carbocycles. The lowest BCUT2D eigenvalue weighted by molar-refractivity contribution is 0.0734. The van der Waals surface area contributed by atoms with E-state index >= 15 is 0 Å². The number of carbonyl (C=O) groups excluding carboxylic acids is 2. The van der Waals surface area contributed by atoms with Crippen molar-refractivity contribution in [1.82, 2.24) is 0 Å². The van der Waals surface area contributed by atoms with Crippen LogP contribution >= 0.6 is 0 Å². The third kappa shape index (κ3) is 8.58. The standard InChI is InChI=1S/C42H39NO7/c1-2-3-24-43(41(44)33-8-4-29(5-9-33)31-12-18-36(19-13-31)46-25-39-27-48-39)35-16-22-38(23-17-35)50-42(45)34-10-6-30(7-11-34)32-14-20-37(21-15-32)47-26-40-28-49-40/h4-23,39-40H,2-3,24-28H2,1H3. The minimum Gasteiger partial charge on any atom is -0.491 e. The first-order chi connectivity index (χ1) is 24.5. The van der Waals surface area contributed by atoms with Gasteiger partial charge in [0.25, 0.3) is 5.91 Å². The fourth-order valence-corrected chi connectivity index (χ4v) is 5.48. The van der Waals surface area contributed by atoms with Crippen molar-refractivity contribution in [2.24, 2.45) is 0 Å². The zero-order valence-corrected chi connectivity index (χ0v) is 28.0. The Kier molecular flexibility index (Phi) is 10.2. The highest BCUT2D eigenvalue weighted by Gasteiger charge is 2.24. The van der Waals surface area contributed by atoms with E-state index in [0.717, 1.165) is 65.5 Å². The molecule has 2 fully saturated rings. The number of rotatable bonds is 15. The average Bonchev–Trinajstić information content (AvgIpc) is 4.11. The van der Waals surface area contributed by atoms with Gasteiger partial charge in [-0.15, -0.1) is 0 Å². The second-order valence-electron chi connectivity index (χ2n) is 12.4.